The molecule has 1 aliphatic heterocycles. The molecular weight excluding hydrogens is 270 g/mol. The summed E-state index contributed by atoms with van der Waals surface area (Å²) in [7, 11) is 0. The Balaban J connectivity index is 0.00000180. The van der Waals surface area contributed by atoms with Crippen molar-refractivity contribution in [1.29, 1.82) is 0 Å². The van der Waals surface area contributed by atoms with Crippen molar-refractivity contribution in [3.63, 3.8) is 0 Å². The van der Waals surface area contributed by atoms with Crippen LogP contribution in [-0.4, -0.2) is 34.7 Å². The van der Waals surface area contributed by atoms with E-state index in [2.05, 4.69) is 4.98 Å². The largest absolute Gasteiger partial charge is 0.448 e. The fraction of sp³-hybridized carbons (Fsp3) is 0.667. The van der Waals surface area contributed by atoms with Crippen LogP contribution in [-0.2, 0) is 11.3 Å². The molecule has 108 valence electrons. The summed E-state index contributed by atoms with van der Waals surface area (Å²) in [5.74, 6) is 0.968. The van der Waals surface area contributed by atoms with Gasteiger partial charge in [-0.1, -0.05) is 0 Å². The van der Waals surface area contributed by atoms with Gasteiger partial charge in [0.1, 0.15) is 11.4 Å². The molecule has 0 unspecified atom stereocenters. The maximum Gasteiger partial charge on any atom is 0.410 e. The minimum atomic E-state index is -0.461. The van der Waals surface area contributed by atoms with Gasteiger partial charge in [0.25, 0.3) is 0 Å². The number of carbonyl (C=O) groups excluding carboxylic acids is 1. The van der Waals surface area contributed by atoms with Crippen LogP contribution in [0.3, 0.4) is 0 Å². The van der Waals surface area contributed by atoms with Gasteiger partial charge in [0.15, 0.2) is 6.39 Å². The van der Waals surface area contributed by atoms with Gasteiger partial charge in [0.05, 0.1) is 11.6 Å². The van der Waals surface area contributed by atoms with Crippen molar-refractivity contribution in [2.24, 2.45) is 5.73 Å². The summed E-state index contributed by atoms with van der Waals surface area (Å²) in [6.07, 6.45) is 1.11. The third kappa shape index (κ3) is 3.61. The van der Waals surface area contributed by atoms with Crippen LogP contribution in [0, 0.1) is 0 Å². The highest BCUT2D eigenvalue weighted by Crippen LogP contribution is 2.30. The first-order valence-corrected chi connectivity index (χ1v) is 6.01. The van der Waals surface area contributed by atoms with Crippen molar-refractivity contribution in [3.8, 4) is 0 Å². The predicted molar refractivity (Wildman–Crippen MR) is 72.2 cm³/mol. The molecule has 0 bridgehead atoms. The normalized spacial score (nSPS) is 15.7. The fourth-order valence-corrected chi connectivity index (χ4v) is 1.88. The topological polar surface area (TPSA) is 81.6 Å². The number of oxazole rings is 1. The number of nitrogens with zero attached hydrogens (tertiary/aromatic N) is 2. The molecule has 0 aliphatic carbocycles. The first kappa shape index (κ1) is 15.8. The quantitative estimate of drug-likeness (QED) is 0.899. The van der Waals surface area contributed by atoms with Gasteiger partial charge >= 0.3 is 6.09 Å². The third-order valence-corrected chi connectivity index (χ3v) is 2.77. The number of aromatic nitrogens is 1. The van der Waals surface area contributed by atoms with Crippen LogP contribution in [0.2, 0.25) is 0 Å². The van der Waals surface area contributed by atoms with E-state index in [-0.39, 0.29) is 24.4 Å². The number of ether oxygens (including phenoxy) is 1. The van der Waals surface area contributed by atoms with E-state index in [9.17, 15) is 4.79 Å². The lowest BCUT2D eigenvalue weighted by atomic mass is 9.96. The van der Waals surface area contributed by atoms with Crippen molar-refractivity contribution in [1.82, 2.24) is 9.88 Å². The standard InChI is InChI=1S/C12H19N3O3.ClH/c1-12(2,3)18-11(16)15-5-8(6-15)10-9(4-13)14-7-17-10;/h7-8H,4-6,13H2,1-3H3;1H. The fourth-order valence-electron chi connectivity index (χ4n) is 1.88. The number of nitrogens with two attached hydrogens (primary N) is 1. The van der Waals surface area contributed by atoms with Gasteiger partial charge in [0, 0.05) is 19.6 Å². The average molecular weight is 290 g/mol. The van der Waals surface area contributed by atoms with Crippen LogP contribution >= 0.6 is 12.4 Å². The summed E-state index contributed by atoms with van der Waals surface area (Å²) < 4.78 is 10.6. The summed E-state index contributed by atoms with van der Waals surface area (Å²) in [6, 6.07) is 0. The Hall–Kier alpha value is -1.27. The molecule has 0 aromatic carbocycles. The number of rotatable bonds is 2. The zero-order valence-electron chi connectivity index (χ0n) is 11.4. The van der Waals surface area contributed by atoms with E-state index in [0.717, 1.165) is 11.5 Å². The Bertz CT molecular complexity index is 436. The van der Waals surface area contributed by atoms with E-state index in [1.54, 1.807) is 4.90 Å². The van der Waals surface area contributed by atoms with Gasteiger partial charge < -0.3 is 19.8 Å². The number of amides is 1. The molecule has 0 atom stereocenters. The lowest BCUT2D eigenvalue weighted by Gasteiger charge is -2.38. The molecule has 0 saturated carbocycles. The number of halogens is 1. The summed E-state index contributed by atoms with van der Waals surface area (Å²) in [5.41, 5.74) is 5.87. The van der Waals surface area contributed by atoms with Crippen LogP contribution in [0.1, 0.15) is 38.1 Å². The van der Waals surface area contributed by atoms with E-state index >= 15 is 0 Å². The smallest absolute Gasteiger partial charge is 0.410 e. The summed E-state index contributed by atoms with van der Waals surface area (Å²) >= 11 is 0. The molecule has 0 radical (unpaired) electrons. The highest BCUT2D eigenvalue weighted by atomic mass is 35.5. The van der Waals surface area contributed by atoms with Crippen LogP contribution in [0.4, 0.5) is 4.79 Å². The second-order valence-corrected chi connectivity index (χ2v) is 5.45. The van der Waals surface area contributed by atoms with Crippen molar-refractivity contribution in [2.75, 3.05) is 13.1 Å². The highest BCUT2D eigenvalue weighted by Gasteiger charge is 2.37. The van der Waals surface area contributed by atoms with Crippen LogP contribution in [0.15, 0.2) is 10.8 Å². The monoisotopic (exact) mass is 289 g/mol. The molecule has 1 amide bonds. The Morgan fingerprint density at radius 2 is 2.21 bits per heavy atom. The van der Waals surface area contributed by atoms with E-state index in [0.29, 0.717) is 19.6 Å². The molecule has 1 saturated heterocycles. The van der Waals surface area contributed by atoms with Crippen molar-refractivity contribution < 1.29 is 13.9 Å². The van der Waals surface area contributed by atoms with Crippen LogP contribution in [0.5, 0.6) is 0 Å². The highest BCUT2D eigenvalue weighted by molar-refractivity contribution is 5.85. The lowest BCUT2D eigenvalue weighted by Crippen LogP contribution is -2.50. The SMILES string of the molecule is CC(C)(C)OC(=O)N1CC(c2ocnc2CN)C1.Cl. The predicted octanol–water partition coefficient (Wildman–Crippen LogP) is 1.89. The number of hydrogen-bond donors (Lipinski definition) is 1. The molecule has 2 N–H and O–H groups in total. The summed E-state index contributed by atoms with van der Waals surface area (Å²) in [4.78, 5) is 17.4. The Morgan fingerprint density at radius 3 is 2.74 bits per heavy atom. The molecule has 0 spiro atoms. The zero-order valence-corrected chi connectivity index (χ0v) is 12.2. The van der Waals surface area contributed by atoms with Gasteiger partial charge in [-0.25, -0.2) is 9.78 Å². The number of likely N-dealkylation sites (tertiary alicyclic amines) is 1. The Kier molecular flexibility index (Phi) is 4.81. The molecule has 19 heavy (non-hydrogen) atoms. The molecule has 2 heterocycles. The molecule has 1 fully saturated rings. The zero-order chi connectivity index (χ0) is 13.3. The van der Waals surface area contributed by atoms with Gasteiger partial charge in [-0.05, 0) is 20.8 Å². The minimum Gasteiger partial charge on any atom is -0.448 e. The van der Waals surface area contributed by atoms with Crippen molar-refractivity contribution >= 4 is 18.5 Å². The second-order valence-electron chi connectivity index (χ2n) is 5.45. The molecule has 6 nitrogen and oxygen atoms in total. The van der Waals surface area contributed by atoms with Crippen LogP contribution in [0.25, 0.3) is 0 Å². The van der Waals surface area contributed by atoms with Crippen molar-refractivity contribution in [2.45, 2.75) is 38.8 Å². The van der Waals surface area contributed by atoms with E-state index in [4.69, 9.17) is 14.9 Å². The molecular formula is C12H20ClN3O3. The first-order valence-electron chi connectivity index (χ1n) is 6.01. The number of hydrogen-bond acceptors (Lipinski definition) is 5. The molecule has 1 aliphatic rings. The average Bonchev–Trinajstić information content (AvgIpc) is 2.60. The molecule has 1 aromatic rings. The Morgan fingerprint density at radius 1 is 1.58 bits per heavy atom. The molecule has 1 aromatic heterocycles. The van der Waals surface area contributed by atoms with E-state index < -0.39 is 5.60 Å². The van der Waals surface area contributed by atoms with E-state index in [1.807, 2.05) is 20.8 Å². The van der Waals surface area contributed by atoms with Crippen LogP contribution < -0.4 is 5.73 Å². The summed E-state index contributed by atoms with van der Waals surface area (Å²) in [6.45, 7) is 7.10. The minimum absolute atomic E-state index is 0. The number of carbonyl (C=O) groups is 1. The van der Waals surface area contributed by atoms with Gasteiger partial charge in [-0.2, -0.15) is 0 Å². The molecule has 2 rings (SSSR count). The lowest BCUT2D eigenvalue weighted by molar-refractivity contribution is 0.00643. The van der Waals surface area contributed by atoms with E-state index in [1.165, 1.54) is 6.39 Å². The maximum atomic E-state index is 11.7. The van der Waals surface area contributed by atoms with Gasteiger partial charge in [-0.15, -0.1) is 12.4 Å². The second kappa shape index (κ2) is 5.79. The Labute approximate surface area is 118 Å². The third-order valence-electron chi connectivity index (χ3n) is 2.77. The van der Waals surface area contributed by atoms with Gasteiger partial charge in [-0.3, -0.25) is 0 Å². The van der Waals surface area contributed by atoms with Gasteiger partial charge in [0.2, 0.25) is 0 Å². The molecule has 7 heteroatoms. The first-order chi connectivity index (χ1) is 8.40. The maximum absolute atomic E-state index is 11.7. The summed E-state index contributed by atoms with van der Waals surface area (Å²) in [5, 5.41) is 0. The van der Waals surface area contributed by atoms with Crippen molar-refractivity contribution in [3.05, 3.63) is 17.8 Å².